The standard InChI is InChI=1S/C25H38N2O3/c1-24(2,3)28-16-8-10-20-9-7-11-21(17-20)26-12-14-27(15-13-26)30-23-18-22(19-23)29-25(4,5)6/h7,9,11,17,22-23H,12-16,18-19H2,1-6H3. The van der Waals surface area contributed by atoms with E-state index in [9.17, 15) is 0 Å². The third-order valence-corrected chi connectivity index (χ3v) is 5.13. The molecule has 5 nitrogen and oxygen atoms in total. The van der Waals surface area contributed by atoms with Gasteiger partial charge in [0.05, 0.1) is 23.4 Å². The van der Waals surface area contributed by atoms with Gasteiger partial charge in [0.2, 0.25) is 0 Å². The number of ether oxygens (including phenoxy) is 2. The lowest BCUT2D eigenvalue weighted by Crippen LogP contribution is -2.50. The van der Waals surface area contributed by atoms with E-state index in [1.807, 2.05) is 20.8 Å². The zero-order chi connectivity index (χ0) is 21.8. The molecule has 0 atom stereocenters. The van der Waals surface area contributed by atoms with Gasteiger partial charge in [-0.25, -0.2) is 0 Å². The van der Waals surface area contributed by atoms with Gasteiger partial charge in [-0.05, 0) is 59.7 Å². The van der Waals surface area contributed by atoms with Gasteiger partial charge in [0.15, 0.2) is 0 Å². The van der Waals surface area contributed by atoms with E-state index in [1.165, 1.54) is 5.69 Å². The molecule has 0 spiro atoms. The van der Waals surface area contributed by atoms with Gasteiger partial charge in [-0.1, -0.05) is 17.9 Å². The SMILES string of the molecule is CC(C)(C)OCC#Cc1cccc(N2CCN(OC3CC(OC(C)(C)C)C3)CC2)c1. The highest BCUT2D eigenvalue weighted by Crippen LogP contribution is 2.31. The van der Waals surface area contributed by atoms with Crippen LogP contribution in [0.3, 0.4) is 0 Å². The van der Waals surface area contributed by atoms with Crippen LogP contribution < -0.4 is 4.90 Å². The molecule has 1 aromatic rings. The van der Waals surface area contributed by atoms with Crippen LogP contribution >= 0.6 is 0 Å². The molecule has 0 amide bonds. The molecule has 1 aliphatic heterocycles. The maximum absolute atomic E-state index is 6.16. The summed E-state index contributed by atoms with van der Waals surface area (Å²) in [6, 6.07) is 8.46. The predicted octanol–water partition coefficient (Wildman–Crippen LogP) is 4.25. The quantitative estimate of drug-likeness (QED) is 0.673. The Labute approximate surface area is 182 Å². The van der Waals surface area contributed by atoms with Crippen molar-refractivity contribution in [3.8, 4) is 11.8 Å². The summed E-state index contributed by atoms with van der Waals surface area (Å²) in [6.45, 7) is 16.7. The van der Waals surface area contributed by atoms with Crippen molar-refractivity contribution in [2.75, 3.05) is 37.7 Å². The van der Waals surface area contributed by atoms with Crippen LogP contribution in [0.5, 0.6) is 0 Å². The van der Waals surface area contributed by atoms with Crippen molar-refractivity contribution in [3.63, 3.8) is 0 Å². The number of benzene rings is 1. The lowest BCUT2D eigenvalue weighted by Gasteiger charge is -2.43. The molecule has 0 unspecified atom stereocenters. The summed E-state index contributed by atoms with van der Waals surface area (Å²) >= 11 is 0. The van der Waals surface area contributed by atoms with Crippen LogP contribution in [0.2, 0.25) is 0 Å². The molecule has 1 saturated heterocycles. The lowest BCUT2D eigenvalue weighted by molar-refractivity contribution is -0.250. The second-order valence-corrected chi connectivity index (χ2v) is 10.2. The Kier molecular flexibility index (Phi) is 7.47. The maximum atomic E-state index is 6.16. The number of nitrogens with zero attached hydrogens (tertiary/aromatic N) is 2. The summed E-state index contributed by atoms with van der Waals surface area (Å²) in [4.78, 5) is 8.57. The first kappa shape index (κ1) is 23.1. The summed E-state index contributed by atoms with van der Waals surface area (Å²) in [6.07, 6.45) is 2.64. The highest BCUT2D eigenvalue weighted by molar-refractivity contribution is 5.52. The minimum atomic E-state index is -0.154. The zero-order valence-corrected chi connectivity index (χ0v) is 19.5. The van der Waals surface area contributed by atoms with Crippen LogP contribution in [0.1, 0.15) is 59.9 Å². The molecule has 1 heterocycles. The molecule has 30 heavy (non-hydrogen) atoms. The van der Waals surface area contributed by atoms with Crippen molar-refractivity contribution in [3.05, 3.63) is 29.8 Å². The van der Waals surface area contributed by atoms with E-state index in [0.717, 1.165) is 44.6 Å². The van der Waals surface area contributed by atoms with Crippen LogP contribution in [-0.2, 0) is 14.3 Å². The molecular weight excluding hydrogens is 376 g/mol. The summed E-state index contributed by atoms with van der Waals surface area (Å²) in [5.74, 6) is 6.34. The van der Waals surface area contributed by atoms with E-state index in [-0.39, 0.29) is 11.2 Å². The van der Waals surface area contributed by atoms with Gasteiger partial charge in [-0.2, -0.15) is 5.06 Å². The first-order valence-electron chi connectivity index (χ1n) is 11.1. The molecule has 5 heteroatoms. The van der Waals surface area contributed by atoms with E-state index in [0.29, 0.717) is 18.8 Å². The van der Waals surface area contributed by atoms with E-state index in [4.69, 9.17) is 14.3 Å². The molecule has 1 aromatic carbocycles. The van der Waals surface area contributed by atoms with E-state index >= 15 is 0 Å². The number of hydroxylamine groups is 2. The lowest BCUT2D eigenvalue weighted by atomic mass is 9.91. The summed E-state index contributed by atoms with van der Waals surface area (Å²) in [5.41, 5.74) is 2.03. The minimum Gasteiger partial charge on any atom is -0.372 e. The molecule has 1 saturated carbocycles. The van der Waals surface area contributed by atoms with Crippen LogP contribution in [0, 0.1) is 11.8 Å². The van der Waals surface area contributed by atoms with Crippen LogP contribution in [-0.4, -0.2) is 61.3 Å². The second kappa shape index (κ2) is 9.70. The molecule has 3 rings (SSSR count). The monoisotopic (exact) mass is 414 g/mol. The smallest absolute Gasteiger partial charge is 0.108 e. The predicted molar refractivity (Wildman–Crippen MR) is 122 cm³/mol. The maximum Gasteiger partial charge on any atom is 0.108 e. The first-order chi connectivity index (χ1) is 14.1. The van der Waals surface area contributed by atoms with Gasteiger partial charge in [0.1, 0.15) is 6.61 Å². The van der Waals surface area contributed by atoms with E-state index < -0.39 is 0 Å². The number of anilines is 1. The average molecular weight is 415 g/mol. The van der Waals surface area contributed by atoms with Gasteiger partial charge in [0, 0.05) is 50.3 Å². The Bertz CT molecular complexity index is 740. The fourth-order valence-corrected chi connectivity index (χ4v) is 3.63. The molecule has 2 fully saturated rings. The Hall–Kier alpha value is -1.58. The van der Waals surface area contributed by atoms with Gasteiger partial charge < -0.3 is 14.4 Å². The molecular formula is C25H38N2O3. The fourth-order valence-electron chi connectivity index (χ4n) is 3.63. The topological polar surface area (TPSA) is 34.2 Å². The highest BCUT2D eigenvalue weighted by atomic mass is 16.7. The van der Waals surface area contributed by atoms with E-state index in [1.54, 1.807) is 0 Å². The third kappa shape index (κ3) is 7.59. The molecule has 0 radical (unpaired) electrons. The van der Waals surface area contributed by atoms with Gasteiger partial charge in [-0.3, -0.25) is 4.84 Å². The Morgan fingerprint density at radius 2 is 1.63 bits per heavy atom. The Morgan fingerprint density at radius 1 is 0.933 bits per heavy atom. The van der Waals surface area contributed by atoms with Crippen LogP contribution in [0.15, 0.2) is 24.3 Å². The minimum absolute atomic E-state index is 0.0697. The fraction of sp³-hybridized carbons (Fsp3) is 0.680. The van der Waals surface area contributed by atoms with Crippen LogP contribution in [0.25, 0.3) is 0 Å². The molecule has 0 aromatic heterocycles. The first-order valence-corrected chi connectivity index (χ1v) is 11.1. The zero-order valence-electron chi connectivity index (χ0n) is 19.5. The number of hydrogen-bond donors (Lipinski definition) is 0. The van der Waals surface area contributed by atoms with Gasteiger partial charge in [0.25, 0.3) is 0 Å². The van der Waals surface area contributed by atoms with Gasteiger partial charge in [-0.15, -0.1) is 0 Å². The average Bonchev–Trinajstić information content (AvgIpc) is 2.63. The summed E-state index contributed by atoms with van der Waals surface area (Å²) in [7, 11) is 0. The summed E-state index contributed by atoms with van der Waals surface area (Å²) in [5, 5.41) is 2.13. The second-order valence-electron chi connectivity index (χ2n) is 10.2. The van der Waals surface area contributed by atoms with Crippen molar-refractivity contribution in [2.24, 2.45) is 0 Å². The Balaban J connectivity index is 1.42. The number of piperazine rings is 1. The molecule has 1 aliphatic carbocycles. The van der Waals surface area contributed by atoms with Gasteiger partial charge >= 0.3 is 0 Å². The summed E-state index contributed by atoms with van der Waals surface area (Å²) < 4.78 is 11.7. The molecule has 0 bridgehead atoms. The van der Waals surface area contributed by atoms with Crippen molar-refractivity contribution in [1.29, 1.82) is 0 Å². The van der Waals surface area contributed by atoms with E-state index in [2.05, 4.69) is 66.8 Å². The van der Waals surface area contributed by atoms with Crippen molar-refractivity contribution in [2.45, 2.75) is 77.8 Å². The number of hydrogen-bond acceptors (Lipinski definition) is 5. The van der Waals surface area contributed by atoms with Crippen LogP contribution in [0.4, 0.5) is 5.69 Å². The van der Waals surface area contributed by atoms with Crippen molar-refractivity contribution >= 4 is 5.69 Å². The molecule has 0 N–H and O–H groups in total. The Morgan fingerprint density at radius 3 is 2.27 bits per heavy atom. The molecule has 166 valence electrons. The normalized spacial score (nSPS) is 22.9. The third-order valence-electron chi connectivity index (χ3n) is 5.13. The van der Waals surface area contributed by atoms with Crippen molar-refractivity contribution < 1.29 is 14.3 Å². The molecule has 2 aliphatic rings. The largest absolute Gasteiger partial charge is 0.372 e. The highest BCUT2D eigenvalue weighted by Gasteiger charge is 2.35. The number of rotatable bonds is 5. The van der Waals surface area contributed by atoms with Crippen molar-refractivity contribution in [1.82, 2.24) is 5.06 Å².